The lowest BCUT2D eigenvalue weighted by molar-refractivity contribution is 0.0922. The maximum atomic E-state index is 12.2. The number of hydrogen-bond acceptors (Lipinski definition) is 5. The Morgan fingerprint density at radius 2 is 2.14 bits per heavy atom. The first-order valence-electron chi connectivity index (χ1n) is 7.65. The van der Waals surface area contributed by atoms with Crippen molar-refractivity contribution in [1.29, 1.82) is 0 Å². The second kappa shape index (κ2) is 8.56. The molecule has 1 fully saturated rings. The summed E-state index contributed by atoms with van der Waals surface area (Å²) in [6, 6.07) is 1.99. The van der Waals surface area contributed by atoms with Gasteiger partial charge < -0.3 is 15.4 Å². The molecular formula is C15H24N4O2. The lowest BCUT2D eigenvalue weighted by Crippen LogP contribution is -2.36. The van der Waals surface area contributed by atoms with Crippen molar-refractivity contribution in [2.24, 2.45) is 0 Å². The van der Waals surface area contributed by atoms with E-state index in [-0.39, 0.29) is 5.91 Å². The van der Waals surface area contributed by atoms with Gasteiger partial charge in [-0.1, -0.05) is 19.3 Å². The van der Waals surface area contributed by atoms with Crippen LogP contribution in [0, 0.1) is 0 Å². The van der Waals surface area contributed by atoms with Crippen LogP contribution in [-0.4, -0.2) is 42.2 Å². The van der Waals surface area contributed by atoms with E-state index < -0.39 is 0 Å². The van der Waals surface area contributed by atoms with Gasteiger partial charge in [-0.25, -0.2) is 9.97 Å². The topological polar surface area (TPSA) is 76.1 Å². The molecule has 0 spiro atoms. The molecule has 2 N–H and O–H groups in total. The predicted molar refractivity (Wildman–Crippen MR) is 81.4 cm³/mol. The van der Waals surface area contributed by atoms with Crippen molar-refractivity contribution in [3.05, 3.63) is 18.1 Å². The molecule has 1 aromatic rings. The van der Waals surface area contributed by atoms with E-state index in [1.165, 1.54) is 25.6 Å². The van der Waals surface area contributed by atoms with Crippen molar-refractivity contribution in [3.8, 4) is 0 Å². The van der Waals surface area contributed by atoms with Crippen molar-refractivity contribution < 1.29 is 9.53 Å². The summed E-state index contributed by atoms with van der Waals surface area (Å²) < 4.78 is 4.99. The number of ether oxygens (including phenoxy) is 1. The second-order valence-electron chi connectivity index (χ2n) is 5.37. The molecule has 1 aliphatic rings. The Hall–Kier alpha value is -1.69. The van der Waals surface area contributed by atoms with E-state index in [0.717, 1.165) is 25.8 Å². The summed E-state index contributed by atoms with van der Waals surface area (Å²) in [4.78, 5) is 20.4. The number of carbonyl (C=O) groups excluding carboxylic acids is 1. The van der Waals surface area contributed by atoms with Gasteiger partial charge in [-0.2, -0.15) is 0 Å². The first-order valence-corrected chi connectivity index (χ1v) is 7.65. The summed E-state index contributed by atoms with van der Waals surface area (Å²) in [5.74, 6) is 0.569. The van der Waals surface area contributed by atoms with Crippen LogP contribution in [0.3, 0.4) is 0 Å². The van der Waals surface area contributed by atoms with Crippen molar-refractivity contribution in [1.82, 2.24) is 15.3 Å². The zero-order chi connectivity index (χ0) is 14.9. The predicted octanol–water partition coefficient (Wildman–Crippen LogP) is 1.99. The Morgan fingerprint density at radius 3 is 2.90 bits per heavy atom. The smallest absolute Gasteiger partial charge is 0.270 e. The van der Waals surface area contributed by atoms with E-state index in [9.17, 15) is 4.79 Å². The molecule has 0 aliphatic heterocycles. The van der Waals surface area contributed by atoms with Gasteiger partial charge in [0.05, 0.1) is 0 Å². The molecule has 1 amide bonds. The molecule has 0 unspecified atom stereocenters. The number of carbonyl (C=O) groups is 1. The van der Waals surface area contributed by atoms with Crippen molar-refractivity contribution >= 4 is 11.7 Å². The van der Waals surface area contributed by atoms with Crippen molar-refractivity contribution in [3.63, 3.8) is 0 Å². The maximum absolute atomic E-state index is 12.2. The molecule has 0 saturated heterocycles. The van der Waals surface area contributed by atoms with Gasteiger partial charge in [0.15, 0.2) is 0 Å². The molecule has 1 heterocycles. The van der Waals surface area contributed by atoms with Crippen LogP contribution in [0.4, 0.5) is 5.82 Å². The van der Waals surface area contributed by atoms with E-state index in [4.69, 9.17) is 4.74 Å². The highest BCUT2D eigenvalue weighted by Crippen LogP contribution is 2.17. The zero-order valence-corrected chi connectivity index (χ0v) is 12.6. The van der Waals surface area contributed by atoms with E-state index in [2.05, 4.69) is 20.6 Å². The summed E-state index contributed by atoms with van der Waals surface area (Å²) >= 11 is 0. The average Bonchev–Trinajstić information content (AvgIpc) is 2.53. The number of methoxy groups -OCH3 is 1. The highest BCUT2D eigenvalue weighted by atomic mass is 16.5. The molecule has 0 atom stereocenters. The Bertz CT molecular complexity index is 447. The Morgan fingerprint density at radius 1 is 1.33 bits per heavy atom. The number of anilines is 1. The molecule has 1 saturated carbocycles. The Labute approximate surface area is 125 Å². The van der Waals surface area contributed by atoms with Crippen LogP contribution in [0.1, 0.15) is 49.0 Å². The Balaban J connectivity index is 1.85. The fourth-order valence-electron chi connectivity index (χ4n) is 2.52. The fraction of sp³-hybridized carbons (Fsp3) is 0.667. The summed E-state index contributed by atoms with van der Waals surface area (Å²) in [5, 5.41) is 6.23. The lowest BCUT2D eigenvalue weighted by Gasteiger charge is -2.22. The number of nitrogens with one attached hydrogen (secondary N) is 2. The van der Waals surface area contributed by atoms with Crippen molar-refractivity contribution in [2.75, 3.05) is 25.6 Å². The van der Waals surface area contributed by atoms with E-state index >= 15 is 0 Å². The second-order valence-corrected chi connectivity index (χ2v) is 5.37. The van der Waals surface area contributed by atoms with E-state index in [1.54, 1.807) is 13.2 Å². The summed E-state index contributed by atoms with van der Waals surface area (Å²) in [6.45, 7) is 1.46. The van der Waals surface area contributed by atoms with Crippen LogP contribution in [0.2, 0.25) is 0 Å². The minimum atomic E-state index is -0.107. The third-order valence-corrected chi connectivity index (χ3v) is 3.67. The average molecular weight is 292 g/mol. The molecule has 0 aromatic carbocycles. The molecule has 0 radical (unpaired) electrons. The highest BCUT2D eigenvalue weighted by molar-refractivity contribution is 5.93. The van der Waals surface area contributed by atoms with Crippen LogP contribution in [0.25, 0.3) is 0 Å². The van der Waals surface area contributed by atoms with Gasteiger partial charge in [0.2, 0.25) is 0 Å². The van der Waals surface area contributed by atoms with E-state index in [1.807, 2.05) is 0 Å². The summed E-state index contributed by atoms with van der Waals surface area (Å²) in [6.07, 6.45) is 8.12. The van der Waals surface area contributed by atoms with Crippen LogP contribution in [0.15, 0.2) is 12.4 Å². The number of amides is 1. The molecular weight excluding hydrogens is 268 g/mol. The minimum Gasteiger partial charge on any atom is -0.385 e. The van der Waals surface area contributed by atoms with Crippen LogP contribution >= 0.6 is 0 Å². The molecule has 116 valence electrons. The van der Waals surface area contributed by atoms with Crippen LogP contribution in [-0.2, 0) is 4.74 Å². The first-order chi connectivity index (χ1) is 10.3. The number of hydrogen-bond donors (Lipinski definition) is 2. The van der Waals surface area contributed by atoms with Gasteiger partial charge in [-0.05, 0) is 19.3 Å². The molecule has 21 heavy (non-hydrogen) atoms. The minimum absolute atomic E-state index is 0.107. The van der Waals surface area contributed by atoms with Crippen molar-refractivity contribution in [2.45, 2.75) is 44.6 Å². The molecule has 6 nitrogen and oxygen atoms in total. The standard InChI is InChI=1S/C15H24N4O2/c1-21-9-5-8-16-14-10-13(17-11-18-14)15(20)19-12-6-3-2-4-7-12/h10-12H,2-9H2,1H3,(H,19,20)(H,16,17,18). The maximum Gasteiger partial charge on any atom is 0.270 e. The normalized spacial score (nSPS) is 15.7. The van der Waals surface area contributed by atoms with Gasteiger partial charge in [0.25, 0.3) is 5.91 Å². The third kappa shape index (κ3) is 5.30. The largest absolute Gasteiger partial charge is 0.385 e. The summed E-state index contributed by atoms with van der Waals surface area (Å²) in [7, 11) is 1.68. The monoisotopic (exact) mass is 292 g/mol. The highest BCUT2D eigenvalue weighted by Gasteiger charge is 2.17. The number of aromatic nitrogens is 2. The number of rotatable bonds is 7. The van der Waals surface area contributed by atoms with Gasteiger partial charge in [-0.3, -0.25) is 4.79 Å². The third-order valence-electron chi connectivity index (χ3n) is 3.67. The number of nitrogens with zero attached hydrogens (tertiary/aromatic N) is 2. The Kier molecular flexibility index (Phi) is 6.40. The SMILES string of the molecule is COCCCNc1cc(C(=O)NC2CCCCC2)ncn1. The molecule has 1 aromatic heterocycles. The fourth-order valence-corrected chi connectivity index (χ4v) is 2.52. The quantitative estimate of drug-likeness (QED) is 0.752. The zero-order valence-electron chi connectivity index (χ0n) is 12.6. The van der Waals surface area contributed by atoms with Gasteiger partial charge in [0, 0.05) is 32.4 Å². The van der Waals surface area contributed by atoms with Gasteiger partial charge in [0.1, 0.15) is 17.8 Å². The molecule has 0 bridgehead atoms. The molecule has 2 rings (SSSR count). The van der Waals surface area contributed by atoms with Gasteiger partial charge in [-0.15, -0.1) is 0 Å². The molecule has 1 aliphatic carbocycles. The van der Waals surface area contributed by atoms with E-state index in [0.29, 0.717) is 24.2 Å². The molecule has 6 heteroatoms. The van der Waals surface area contributed by atoms with Crippen LogP contribution < -0.4 is 10.6 Å². The van der Waals surface area contributed by atoms with Crippen LogP contribution in [0.5, 0.6) is 0 Å². The lowest BCUT2D eigenvalue weighted by atomic mass is 9.95. The first kappa shape index (κ1) is 15.7. The summed E-state index contributed by atoms with van der Waals surface area (Å²) in [5.41, 5.74) is 0.421. The van der Waals surface area contributed by atoms with Gasteiger partial charge >= 0.3 is 0 Å².